The normalized spacial score (nSPS) is 34.2. The summed E-state index contributed by atoms with van der Waals surface area (Å²) in [5, 5.41) is -0.0822. The van der Waals surface area contributed by atoms with E-state index in [4.69, 9.17) is 11.6 Å². The standard InChI is InChI=1S/C15H11ClFNO2/c16-10-6-9(3-4-11(10)17)18-14(19)12-7-1-2-8(5-7)13(12)15(18)20/h1-4,6-8,12-13H,5H2/t7-,8+,12-,13+. The van der Waals surface area contributed by atoms with Crippen molar-refractivity contribution in [1.82, 2.24) is 0 Å². The Morgan fingerprint density at radius 2 is 1.70 bits per heavy atom. The van der Waals surface area contributed by atoms with Crippen molar-refractivity contribution >= 4 is 29.1 Å². The summed E-state index contributed by atoms with van der Waals surface area (Å²) in [4.78, 5) is 26.2. The Morgan fingerprint density at radius 3 is 2.25 bits per heavy atom. The molecule has 1 saturated carbocycles. The number of nitrogens with zero attached hydrogens (tertiary/aromatic N) is 1. The molecule has 1 aliphatic heterocycles. The number of rotatable bonds is 1. The smallest absolute Gasteiger partial charge is 0.238 e. The number of hydrogen-bond acceptors (Lipinski definition) is 2. The van der Waals surface area contributed by atoms with Crippen LogP contribution >= 0.6 is 11.6 Å². The number of fused-ring (bicyclic) bond motifs is 5. The highest BCUT2D eigenvalue weighted by Gasteiger charge is 2.59. The highest BCUT2D eigenvalue weighted by Crippen LogP contribution is 2.53. The molecule has 2 amide bonds. The summed E-state index contributed by atoms with van der Waals surface area (Å²) >= 11 is 5.74. The van der Waals surface area contributed by atoms with E-state index in [-0.39, 0.29) is 40.5 Å². The van der Waals surface area contributed by atoms with Crippen molar-refractivity contribution in [3.63, 3.8) is 0 Å². The molecule has 4 atom stereocenters. The lowest BCUT2D eigenvalue weighted by molar-refractivity contribution is -0.123. The Hall–Kier alpha value is -1.68. The summed E-state index contributed by atoms with van der Waals surface area (Å²) in [6.45, 7) is 0. The fraction of sp³-hybridized carbons (Fsp3) is 0.333. The number of benzene rings is 1. The van der Waals surface area contributed by atoms with Crippen LogP contribution in [0.25, 0.3) is 0 Å². The average Bonchev–Trinajstić information content (AvgIpc) is 3.08. The van der Waals surface area contributed by atoms with Crippen LogP contribution in [0.15, 0.2) is 30.4 Å². The zero-order valence-electron chi connectivity index (χ0n) is 10.4. The summed E-state index contributed by atoms with van der Waals surface area (Å²) in [7, 11) is 0. The van der Waals surface area contributed by atoms with Gasteiger partial charge in [-0.25, -0.2) is 9.29 Å². The Kier molecular flexibility index (Phi) is 2.37. The van der Waals surface area contributed by atoms with Gasteiger partial charge in [0.1, 0.15) is 5.82 Å². The van der Waals surface area contributed by atoms with Gasteiger partial charge in [-0.3, -0.25) is 9.59 Å². The third-order valence-corrected chi connectivity index (χ3v) is 4.92. The minimum Gasteiger partial charge on any atom is -0.274 e. The second-order valence-electron chi connectivity index (χ2n) is 5.61. The van der Waals surface area contributed by atoms with E-state index in [1.165, 1.54) is 23.1 Å². The molecule has 3 nitrogen and oxygen atoms in total. The van der Waals surface area contributed by atoms with Crippen molar-refractivity contribution in [3.8, 4) is 0 Å². The fourth-order valence-corrected chi connectivity index (χ4v) is 3.96. The number of anilines is 1. The van der Waals surface area contributed by atoms with Crippen LogP contribution in [-0.2, 0) is 9.59 Å². The lowest BCUT2D eigenvalue weighted by atomic mass is 9.85. The van der Waals surface area contributed by atoms with Crippen LogP contribution in [0.2, 0.25) is 5.02 Å². The van der Waals surface area contributed by atoms with Crippen LogP contribution in [0.5, 0.6) is 0 Å². The van der Waals surface area contributed by atoms with Crippen molar-refractivity contribution in [3.05, 3.63) is 41.2 Å². The molecule has 3 aliphatic rings. The molecule has 0 unspecified atom stereocenters. The first-order valence-electron chi connectivity index (χ1n) is 6.59. The molecular formula is C15H11ClFNO2. The van der Waals surface area contributed by atoms with Crippen molar-refractivity contribution < 1.29 is 14.0 Å². The third kappa shape index (κ3) is 1.40. The molecule has 102 valence electrons. The maximum atomic E-state index is 13.2. The minimum atomic E-state index is -0.559. The van der Waals surface area contributed by atoms with E-state index < -0.39 is 5.82 Å². The second kappa shape index (κ2) is 3.92. The zero-order valence-corrected chi connectivity index (χ0v) is 11.2. The van der Waals surface area contributed by atoms with E-state index in [1.807, 2.05) is 12.2 Å². The molecule has 2 fully saturated rings. The second-order valence-corrected chi connectivity index (χ2v) is 6.02. The van der Waals surface area contributed by atoms with E-state index in [0.29, 0.717) is 5.69 Å². The van der Waals surface area contributed by atoms with Gasteiger partial charge in [0.15, 0.2) is 0 Å². The number of carbonyl (C=O) groups is 2. The van der Waals surface area contributed by atoms with Crippen molar-refractivity contribution in [2.75, 3.05) is 4.90 Å². The van der Waals surface area contributed by atoms with E-state index in [2.05, 4.69) is 0 Å². The van der Waals surface area contributed by atoms with Crippen LogP contribution in [0, 0.1) is 29.5 Å². The molecule has 0 N–H and O–H groups in total. The van der Waals surface area contributed by atoms with Crippen LogP contribution < -0.4 is 4.90 Å². The maximum Gasteiger partial charge on any atom is 0.238 e. The number of imide groups is 1. The molecule has 4 rings (SSSR count). The largest absolute Gasteiger partial charge is 0.274 e. The monoisotopic (exact) mass is 291 g/mol. The van der Waals surface area contributed by atoms with Gasteiger partial charge in [0.25, 0.3) is 0 Å². The SMILES string of the molecule is O=C1[C@@H]2[C@H](C(=O)N1c1ccc(F)c(Cl)c1)[C@@H]1C=C[C@H]2C1. The number of carbonyl (C=O) groups excluding carboxylic acids is 2. The van der Waals surface area contributed by atoms with Gasteiger partial charge < -0.3 is 0 Å². The van der Waals surface area contributed by atoms with Crippen LogP contribution in [0.3, 0.4) is 0 Å². The molecule has 1 aromatic rings. The topological polar surface area (TPSA) is 37.4 Å². The Balaban J connectivity index is 1.76. The van der Waals surface area contributed by atoms with E-state index in [9.17, 15) is 14.0 Å². The molecule has 0 aromatic heterocycles. The third-order valence-electron chi connectivity index (χ3n) is 4.63. The molecule has 20 heavy (non-hydrogen) atoms. The lowest BCUT2D eigenvalue weighted by Gasteiger charge is -2.17. The van der Waals surface area contributed by atoms with Crippen LogP contribution in [0.4, 0.5) is 10.1 Å². The van der Waals surface area contributed by atoms with E-state index >= 15 is 0 Å². The predicted octanol–water partition coefficient (Wildman–Crippen LogP) is 2.79. The average molecular weight is 292 g/mol. The maximum absolute atomic E-state index is 13.2. The zero-order chi connectivity index (χ0) is 14.0. The van der Waals surface area contributed by atoms with Gasteiger partial charge in [0, 0.05) is 0 Å². The summed E-state index contributed by atoms with van der Waals surface area (Å²) in [5.41, 5.74) is 0.361. The first kappa shape index (κ1) is 12.1. The van der Waals surface area contributed by atoms with Gasteiger partial charge in [-0.1, -0.05) is 23.8 Å². The first-order valence-corrected chi connectivity index (χ1v) is 6.97. The Labute approximate surface area is 120 Å². The van der Waals surface area contributed by atoms with Gasteiger partial charge in [-0.05, 0) is 36.5 Å². The van der Waals surface area contributed by atoms with Gasteiger partial charge in [-0.2, -0.15) is 0 Å². The van der Waals surface area contributed by atoms with E-state index in [0.717, 1.165) is 6.42 Å². The molecule has 0 spiro atoms. The number of halogens is 2. The van der Waals surface area contributed by atoms with Crippen molar-refractivity contribution in [2.45, 2.75) is 6.42 Å². The molecule has 1 saturated heterocycles. The van der Waals surface area contributed by atoms with Gasteiger partial charge in [0.2, 0.25) is 11.8 Å². The van der Waals surface area contributed by atoms with Gasteiger partial charge >= 0.3 is 0 Å². The van der Waals surface area contributed by atoms with E-state index in [1.54, 1.807) is 0 Å². The highest BCUT2D eigenvalue weighted by atomic mass is 35.5. The Bertz CT molecular complexity index is 642. The van der Waals surface area contributed by atoms with Gasteiger partial charge in [-0.15, -0.1) is 0 Å². The Morgan fingerprint density at radius 1 is 1.10 bits per heavy atom. The molecule has 1 aromatic carbocycles. The minimum absolute atomic E-state index is 0.0822. The summed E-state index contributed by atoms with van der Waals surface area (Å²) in [6, 6.07) is 3.94. The number of hydrogen-bond donors (Lipinski definition) is 0. The first-order chi connectivity index (χ1) is 9.58. The summed E-state index contributed by atoms with van der Waals surface area (Å²) in [5.74, 6) is -1.08. The number of allylic oxidation sites excluding steroid dienone is 2. The molecule has 2 aliphatic carbocycles. The quantitative estimate of drug-likeness (QED) is 0.589. The molecule has 1 heterocycles. The highest BCUT2D eigenvalue weighted by molar-refractivity contribution is 6.31. The lowest BCUT2D eigenvalue weighted by Crippen LogP contribution is -2.32. The predicted molar refractivity (Wildman–Crippen MR) is 71.6 cm³/mol. The summed E-state index contributed by atoms with van der Waals surface area (Å²) in [6.07, 6.45) is 4.97. The van der Waals surface area contributed by atoms with Crippen LogP contribution in [0.1, 0.15) is 6.42 Å². The van der Waals surface area contributed by atoms with Gasteiger partial charge in [0.05, 0.1) is 22.5 Å². The summed E-state index contributed by atoms with van der Waals surface area (Å²) < 4.78 is 13.2. The van der Waals surface area contributed by atoms with Crippen molar-refractivity contribution in [2.24, 2.45) is 23.7 Å². The molecule has 5 heteroatoms. The molecule has 0 radical (unpaired) electrons. The fourth-order valence-electron chi connectivity index (χ4n) is 3.78. The molecule has 2 bridgehead atoms. The number of amides is 2. The molecular weight excluding hydrogens is 281 g/mol. The van der Waals surface area contributed by atoms with Crippen LogP contribution in [-0.4, -0.2) is 11.8 Å². The van der Waals surface area contributed by atoms with Crippen molar-refractivity contribution in [1.29, 1.82) is 0 Å².